The minimum Gasteiger partial charge on any atom is -0.488 e. The Bertz CT molecular complexity index is 2150. The van der Waals surface area contributed by atoms with Crippen molar-refractivity contribution in [1.82, 2.24) is 35.1 Å². The standard InChI is InChI=1S/C37H39N7O6/c1-19(2)30(42-36(46)49-3)35(45)43-14-4-6-28(43)33-38-17-27(40-33)20-8-9-22-21(16-20)18-50-32-24(22)11-10-23-25(32)12-13-26-31(23)41-34(39-26)29-7-5-15-44(29)37(47)48/h8-13,16-17,19,28-30H,4-7,14-15,18H2,1-3H3,(H,38,40)(H,39,41)(H,42,46)(H,47,48)/t28-,29+,30?/m1/s1. The van der Waals surface area contributed by atoms with Crippen LogP contribution in [0.1, 0.15) is 68.8 Å². The van der Waals surface area contributed by atoms with E-state index >= 15 is 0 Å². The number of hydrogen-bond acceptors (Lipinski definition) is 7. The molecule has 1 unspecified atom stereocenters. The van der Waals surface area contributed by atoms with Gasteiger partial charge >= 0.3 is 12.2 Å². The van der Waals surface area contributed by atoms with Crippen LogP contribution < -0.4 is 10.1 Å². The molecule has 5 aromatic rings. The number of hydrogen-bond donors (Lipinski definition) is 4. The molecule has 0 spiro atoms. The van der Waals surface area contributed by atoms with Crippen molar-refractivity contribution in [2.24, 2.45) is 5.92 Å². The Labute approximate surface area is 288 Å². The lowest BCUT2D eigenvalue weighted by molar-refractivity contribution is -0.135. The van der Waals surface area contributed by atoms with E-state index in [1.165, 1.54) is 12.0 Å². The molecule has 3 aromatic carbocycles. The van der Waals surface area contributed by atoms with Gasteiger partial charge in [-0.3, -0.25) is 9.69 Å². The number of imidazole rings is 2. The molecule has 13 heteroatoms. The molecule has 258 valence electrons. The molecule has 2 saturated heterocycles. The highest BCUT2D eigenvalue weighted by Gasteiger charge is 2.38. The summed E-state index contributed by atoms with van der Waals surface area (Å²) in [5.41, 5.74) is 6.62. The molecule has 3 aliphatic heterocycles. The Morgan fingerprint density at radius 1 is 0.960 bits per heavy atom. The first kappa shape index (κ1) is 31.7. The maximum Gasteiger partial charge on any atom is 0.407 e. The third kappa shape index (κ3) is 5.28. The van der Waals surface area contributed by atoms with E-state index in [9.17, 15) is 19.5 Å². The van der Waals surface area contributed by atoms with Crippen LogP contribution in [0.3, 0.4) is 0 Å². The van der Waals surface area contributed by atoms with Crippen LogP contribution in [0.25, 0.3) is 44.2 Å². The number of H-pyrrole nitrogens is 2. The monoisotopic (exact) mass is 677 g/mol. The molecule has 0 aliphatic carbocycles. The number of nitrogens with zero attached hydrogens (tertiary/aromatic N) is 4. The summed E-state index contributed by atoms with van der Waals surface area (Å²) < 4.78 is 11.2. The van der Waals surface area contributed by atoms with E-state index in [1.807, 2.05) is 30.9 Å². The molecule has 0 bridgehead atoms. The van der Waals surface area contributed by atoms with Crippen molar-refractivity contribution in [1.29, 1.82) is 0 Å². The number of likely N-dealkylation sites (tertiary alicyclic amines) is 2. The number of rotatable bonds is 6. The van der Waals surface area contributed by atoms with Gasteiger partial charge < -0.3 is 34.8 Å². The van der Waals surface area contributed by atoms with E-state index in [2.05, 4.69) is 45.6 Å². The van der Waals surface area contributed by atoms with E-state index in [4.69, 9.17) is 19.4 Å². The van der Waals surface area contributed by atoms with Crippen molar-refractivity contribution >= 4 is 39.9 Å². The molecule has 50 heavy (non-hydrogen) atoms. The number of methoxy groups -OCH3 is 1. The van der Waals surface area contributed by atoms with Crippen molar-refractivity contribution < 1.29 is 29.0 Å². The first-order valence-corrected chi connectivity index (χ1v) is 17.1. The van der Waals surface area contributed by atoms with Gasteiger partial charge in [0, 0.05) is 29.4 Å². The average molecular weight is 678 g/mol. The molecule has 2 fully saturated rings. The second-order valence-corrected chi connectivity index (χ2v) is 13.6. The van der Waals surface area contributed by atoms with Gasteiger partial charge in [-0.15, -0.1) is 0 Å². The van der Waals surface area contributed by atoms with Crippen molar-refractivity contribution in [3.63, 3.8) is 0 Å². The summed E-state index contributed by atoms with van der Waals surface area (Å²) >= 11 is 0. The zero-order valence-corrected chi connectivity index (χ0v) is 28.2. The highest BCUT2D eigenvalue weighted by Crippen LogP contribution is 2.45. The second-order valence-electron chi connectivity index (χ2n) is 13.6. The maximum atomic E-state index is 13.6. The number of carbonyl (C=O) groups excluding carboxylic acids is 2. The van der Waals surface area contributed by atoms with Gasteiger partial charge in [-0.25, -0.2) is 19.6 Å². The van der Waals surface area contributed by atoms with Crippen molar-refractivity contribution in [2.45, 2.75) is 64.3 Å². The summed E-state index contributed by atoms with van der Waals surface area (Å²) in [4.78, 5) is 57.0. The summed E-state index contributed by atoms with van der Waals surface area (Å²) in [7, 11) is 1.29. The Morgan fingerprint density at radius 2 is 1.70 bits per heavy atom. The summed E-state index contributed by atoms with van der Waals surface area (Å²) in [5, 5.41) is 14.3. The van der Waals surface area contributed by atoms with Crippen LogP contribution in [-0.4, -0.2) is 79.2 Å². The van der Waals surface area contributed by atoms with Gasteiger partial charge in [-0.2, -0.15) is 0 Å². The maximum absolute atomic E-state index is 13.6. The van der Waals surface area contributed by atoms with Crippen molar-refractivity contribution in [3.8, 4) is 28.1 Å². The topological polar surface area (TPSA) is 166 Å². The largest absolute Gasteiger partial charge is 0.488 e. The summed E-state index contributed by atoms with van der Waals surface area (Å²) in [6.45, 7) is 5.30. The number of amides is 3. The van der Waals surface area contributed by atoms with E-state index in [1.54, 1.807) is 6.20 Å². The summed E-state index contributed by atoms with van der Waals surface area (Å²) in [5.74, 6) is 1.94. The minimum atomic E-state index is -0.923. The highest BCUT2D eigenvalue weighted by molar-refractivity contribution is 6.09. The van der Waals surface area contributed by atoms with Gasteiger partial charge in [-0.1, -0.05) is 32.0 Å². The van der Waals surface area contributed by atoms with E-state index < -0.39 is 18.2 Å². The number of fused-ring (bicyclic) bond motifs is 7. The summed E-state index contributed by atoms with van der Waals surface area (Å²) in [6.07, 6.45) is 3.44. The van der Waals surface area contributed by atoms with E-state index in [0.717, 1.165) is 81.2 Å². The molecule has 4 N–H and O–H groups in total. The van der Waals surface area contributed by atoms with Gasteiger partial charge in [0.05, 0.1) is 42.1 Å². The van der Waals surface area contributed by atoms with Crippen LogP contribution >= 0.6 is 0 Å². The quantitative estimate of drug-likeness (QED) is 0.158. The van der Waals surface area contributed by atoms with Gasteiger partial charge in [0.15, 0.2) is 0 Å². The van der Waals surface area contributed by atoms with E-state index in [0.29, 0.717) is 31.3 Å². The lowest BCUT2D eigenvalue weighted by atomic mass is 9.92. The molecule has 8 rings (SSSR count). The fourth-order valence-corrected chi connectivity index (χ4v) is 7.81. The number of carbonyl (C=O) groups is 3. The predicted octanol–water partition coefficient (Wildman–Crippen LogP) is 6.52. The van der Waals surface area contributed by atoms with Gasteiger partial charge in [-0.05, 0) is 72.6 Å². The molecule has 0 radical (unpaired) electrons. The number of aromatic amines is 2. The zero-order valence-electron chi connectivity index (χ0n) is 28.2. The van der Waals surface area contributed by atoms with Gasteiger partial charge in [0.1, 0.15) is 30.0 Å². The fourth-order valence-electron chi connectivity index (χ4n) is 7.81. The number of alkyl carbamates (subject to hydrolysis) is 1. The Morgan fingerprint density at radius 3 is 2.46 bits per heavy atom. The lowest BCUT2D eigenvalue weighted by Gasteiger charge is -2.30. The fraction of sp³-hybridized carbons (Fsp3) is 0.378. The minimum absolute atomic E-state index is 0.108. The molecule has 0 saturated carbocycles. The normalized spacial score (nSPS) is 19.0. The molecular weight excluding hydrogens is 638 g/mol. The molecule has 3 atom stereocenters. The molecule has 3 aliphatic rings. The van der Waals surface area contributed by atoms with Crippen molar-refractivity contribution in [3.05, 3.63) is 65.9 Å². The molecule has 13 nitrogen and oxygen atoms in total. The van der Waals surface area contributed by atoms with Crippen LogP contribution in [0.15, 0.2) is 48.7 Å². The van der Waals surface area contributed by atoms with Gasteiger partial charge in [0.25, 0.3) is 0 Å². The van der Waals surface area contributed by atoms with Crippen LogP contribution in [0.5, 0.6) is 5.75 Å². The molecule has 2 aromatic heterocycles. The SMILES string of the molecule is COC(=O)NC(C(=O)N1CCC[C@@H]1c1ncc(-c2ccc3c(c2)COc2c-3ccc3c2ccc2[nH]c([C@@H]4CCCN4C(=O)O)nc23)[nH]1)C(C)C. The van der Waals surface area contributed by atoms with Crippen LogP contribution in [-0.2, 0) is 16.1 Å². The molecule has 5 heterocycles. The first-order valence-electron chi connectivity index (χ1n) is 17.1. The Kier molecular flexibility index (Phi) is 7.84. The number of ether oxygens (including phenoxy) is 2. The first-order chi connectivity index (χ1) is 24.2. The Hall–Kier alpha value is -5.59. The third-order valence-electron chi connectivity index (χ3n) is 10.3. The smallest absolute Gasteiger partial charge is 0.407 e. The van der Waals surface area contributed by atoms with Crippen LogP contribution in [0, 0.1) is 5.92 Å². The zero-order chi connectivity index (χ0) is 34.7. The average Bonchev–Trinajstić information content (AvgIpc) is 3.94. The number of nitrogens with one attached hydrogen (secondary N) is 3. The van der Waals surface area contributed by atoms with Crippen molar-refractivity contribution in [2.75, 3.05) is 20.2 Å². The van der Waals surface area contributed by atoms with Crippen LogP contribution in [0.2, 0.25) is 0 Å². The van der Waals surface area contributed by atoms with Gasteiger partial charge in [0.2, 0.25) is 5.91 Å². The number of benzene rings is 3. The number of aromatic nitrogens is 4. The third-order valence-corrected chi connectivity index (χ3v) is 10.3. The summed E-state index contributed by atoms with van der Waals surface area (Å²) in [6, 6.07) is 13.3. The number of carboxylic acid groups (broad SMARTS) is 1. The lowest BCUT2D eigenvalue weighted by Crippen LogP contribution is -2.51. The van der Waals surface area contributed by atoms with Crippen LogP contribution in [0.4, 0.5) is 9.59 Å². The predicted molar refractivity (Wildman–Crippen MR) is 186 cm³/mol. The van der Waals surface area contributed by atoms with E-state index in [-0.39, 0.29) is 23.9 Å². The Balaban J connectivity index is 1.06. The molecular formula is C37H39N7O6. The second kappa shape index (κ2) is 12.4. The highest BCUT2D eigenvalue weighted by atomic mass is 16.5. The molecule has 3 amide bonds.